The lowest BCUT2D eigenvalue weighted by molar-refractivity contribution is -0.136. The van der Waals surface area contributed by atoms with Crippen LogP contribution in [0.1, 0.15) is 27.3 Å². The predicted molar refractivity (Wildman–Crippen MR) is 129 cm³/mol. The van der Waals surface area contributed by atoms with Gasteiger partial charge in [0.1, 0.15) is 5.82 Å². The highest BCUT2D eigenvalue weighted by atomic mass is 32.1. The molecule has 2 aromatic heterocycles. The number of fused-ring (bicyclic) bond motifs is 1. The number of halogens is 1. The maximum absolute atomic E-state index is 13.7. The van der Waals surface area contributed by atoms with Crippen LogP contribution >= 0.6 is 11.3 Å². The van der Waals surface area contributed by atoms with Crippen LogP contribution in [0, 0.1) is 5.82 Å². The maximum Gasteiger partial charge on any atom is 0.303 e. The first-order valence-electron chi connectivity index (χ1n) is 10.4. The third-order valence-corrected chi connectivity index (χ3v) is 6.29. The Morgan fingerprint density at radius 2 is 1.88 bits per heavy atom. The highest BCUT2D eigenvalue weighted by Gasteiger charge is 2.20. The van der Waals surface area contributed by atoms with Gasteiger partial charge in [0.05, 0.1) is 33.8 Å². The van der Waals surface area contributed by atoms with Crippen LogP contribution < -0.4 is 0 Å². The number of aliphatic imine (C=N–C) groups is 1. The molecule has 0 aliphatic carbocycles. The summed E-state index contributed by atoms with van der Waals surface area (Å²) in [4.78, 5) is 22.4. The number of aromatic hydroxyl groups is 1. The van der Waals surface area contributed by atoms with Crippen molar-refractivity contribution in [2.24, 2.45) is 4.99 Å². The first-order chi connectivity index (χ1) is 15.8. The average Bonchev–Trinajstić information content (AvgIpc) is 3.35. The highest BCUT2D eigenvalue weighted by molar-refractivity contribution is 7.14. The van der Waals surface area contributed by atoms with Gasteiger partial charge in [-0.25, -0.2) is 9.38 Å². The smallest absolute Gasteiger partial charge is 0.303 e. The van der Waals surface area contributed by atoms with Gasteiger partial charge in [0.15, 0.2) is 5.88 Å². The summed E-state index contributed by atoms with van der Waals surface area (Å²) in [6.07, 6.45) is 0.453. The van der Waals surface area contributed by atoms with Crippen LogP contribution in [0.4, 0.5) is 10.1 Å². The molecule has 0 aliphatic heterocycles. The Morgan fingerprint density at radius 3 is 2.58 bits per heavy atom. The molecule has 8 heteroatoms. The van der Waals surface area contributed by atoms with Gasteiger partial charge in [-0.2, -0.15) is 0 Å². The molecule has 0 atom stereocenters. The number of benzene rings is 2. The van der Waals surface area contributed by atoms with Gasteiger partial charge in [0, 0.05) is 16.8 Å². The summed E-state index contributed by atoms with van der Waals surface area (Å²) in [7, 11) is 4.01. The fourth-order valence-electron chi connectivity index (χ4n) is 3.67. The summed E-state index contributed by atoms with van der Waals surface area (Å²) in [6, 6.07) is 15.9. The number of aromatic amines is 1. The first kappa shape index (κ1) is 22.7. The molecule has 0 aliphatic rings. The zero-order chi connectivity index (χ0) is 23.5. The molecular weight excluding hydrogens is 441 g/mol. The van der Waals surface area contributed by atoms with Gasteiger partial charge < -0.3 is 20.1 Å². The minimum Gasteiger partial charge on any atom is -0.494 e. The number of hydrogen-bond donors (Lipinski definition) is 3. The second kappa shape index (κ2) is 9.56. The maximum atomic E-state index is 13.7. The van der Waals surface area contributed by atoms with Crippen molar-refractivity contribution in [3.8, 4) is 5.88 Å². The van der Waals surface area contributed by atoms with E-state index < -0.39 is 11.8 Å². The van der Waals surface area contributed by atoms with Crippen LogP contribution in [0.25, 0.3) is 10.9 Å². The topological polar surface area (TPSA) is 88.9 Å². The van der Waals surface area contributed by atoms with Crippen molar-refractivity contribution in [1.29, 1.82) is 0 Å². The van der Waals surface area contributed by atoms with Crippen molar-refractivity contribution < 1.29 is 19.4 Å². The van der Waals surface area contributed by atoms with E-state index in [2.05, 4.69) is 9.88 Å². The van der Waals surface area contributed by atoms with E-state index >= 15 is 0 Å². The third kappa shape index (κ3) is 5.30. The lowest BCUT2D eigenvalue weighted by atomic mass is 10.1. The minimum absolute atomic E-state index is 0.0391. The van der Waals surface area contributed by atoms with E-state index in [1.165, 1.54) is 23.5 Å². The molecule has 33 heavy (non-hydrogen) atoms. The van der Waals surface area contributed by atoms with Crippen LogP contribution in [0.2, 0.25) is 0 Å². The predicted octanol–water partition coefficient (Wildman–Crippen LogP) is 5.32. The Balaban J connectivity index is 1.81. The molecule has 2 aromatic carbocycles. The zero-order valence-electron chi connectivity index (χ0n) is 18.3. The standard InChI is InChI=1S/C25H24FN3O3S/c1-29(2)14-15-3-6-17(7-4-15)27-24(21-11-8-18(33-21)9-12-22(30)31)23-19-10-5-16(26)13-20(19)28-25(23)32/h3-8,10-11,13,28,32H,9,12,14H2,1-2H3,(H,30,31). The number of carboxylic acid groups (broad SMARTS) is 1. The molecule has 0 unspecified atom stereocenters. The van der Waals surface area contributed by atoms with E-state index in [0.29, 0.717) is 34.3 Å². The van der Waals surface area contributed by atoms with E-state index in [4.69, 9.17) is 10.1 Å². The van der Waals surface area contributed by atoms with Crippen LogP contribution in [0.15, 0.2) is 59.6 Å². The SMILES string of the molecule is CN(C)Cc1ccc(N=C(c2ccc(CCC(=O)O)s2)c2c(O)[nH]c3cc(F)ccc23)cc1. The second-order valence-corrected chi connectivity index (χ2v) is 9.23. The molecular formula is C25H24FN3O3S. The monoisotopic (exact) mass is 465 g/mol. The molecule has 0 amide bonds. The number of aryl methyl sites for hydroxylation is 1. The van der Waals surface area contributed by atoms with Gasteiger partial charge in [-0.05, 0) is 68.5 Å². The Labute approximate surface area is 194 Å². The molecule has 0 saturated carbocycles. The fourth-order valence-corrected chi connectivity index (χ4v) is 4.67. The van der Waals surface area contributed by atoms with Gasteiger partial charge >= 0.3 is 5.97 Å². The highest BCUT2D eigenvalue weighted by Crippen LogP contribution is 2.34. The number of aromatic nitrogens is 1. The average molecular weight is 466 g/mol. The summed E-state index contributed by atoms with van der Waals surface area (Å²) in [5.74, 6) is -1.36. The van der Waals surface area contributed by atoms with Crippen LogP contribution in [-0.4, -0.2) is 45.9 Å². The van der Waals surface area contributed by atoms with Crippen LogP contribution in [0.5, 0.6) is 5.88 Å². The number of thiophene rings is 1. The molecule has 4 rings (SSSR count). The Hall–Kier alpha value is -3.49. The molecule has 0 spiro atoms. The van der Waals surface area contributed by atoms with Gasteiger partial charge in [0.25, 0.3) is 0 Å². The quantitative estimate of drug-likeness (QED) is 0.307. The van der Waals surface area contributed by atoms with Crippen LogP contribution in [-0.2, 0) is 17.8 Å². The Morgan fingerprint density at radius 1 is 1.12 bits per heavy atom. The molecule has 3 N–H and O–H groups in total. The number of H-pyrrole nitrogens is 1. The second-order valence-electron chi connectivity index (χ2n) is 8.06. The normalized spacial score (nSPS) is 12.1. The summed E-state index contributed by atoms with van der Waals surface area (Å²) >= 11 is 1.43. The van der Waals surface area contributed by atoms with E-state index in [1.807, 2.05) is 50.5 Å². The van der Waals surface area contributed by atoms with Gasteiger partial charge in [-0.15, -0.1) is 11.3 Å². The molecule has 0 radical (unpaired) electrons. The molecule has 4 aromatic rings. The van der Waals surface area contributed by atoms with E-state index in [9.17, 15) is 14.3 Å². The largest absolute Gasteiger partial charge is 0.494 e. The summed E-state index contributed by atoms with van der Waals surface area (Å²) in [5, 5.41) is 20.4. The molecule has 0 fully saturated rings. The molecule has 6 nitrogen and oxygen atoms in total. The number of rotatable bonds is 8. The number of hydrogen-bond acceptors (Lipinski definition) is 5. The van der Waals surface area contributed by atoms with Crippen molar-refractivity contribution in [3.05, 3.63) is 81.3 Å². The number of nitrogens with zero attached hydrogens (tertiary/aromatic N) is 2. The number of carbonyl (C=O) groups is 1. The van der Waals surface area contributed by atoms with E-state index in [-0.39, 0.29) is 12.3 Å². The van der Waals surface area contributed by atoms with Crippen molar-refractivity contribution in [2.45, 2.75) is 19.4 Å². The Bertz CT molecular complexity index is 1320. The molecule has 0 bridgehead atoms. The molecule has 2 heterocycles. The van der Waals surface area contributed by atoms with Crippen molar-refractivity contribution in [3.63, 3.8) is 0 Å². The fraction of sp³-hybridized carbons (Fsp3) is 0.200. The Kier molecular flexibility index (Phi) is 6.57. The minimum atomic E-state index is -0.854. The first-order valence-corrected chi connectivity index (χ1v) is 11.3. The number of nitrogens with one attached hydrogen (secondary N) is 1. The van der Waals surface area contributed by atoms with Crippen molar-refractivity contribution in [1.82, 2.24) is 9.88 Å². The molecule has 0 saturated heterocycles. The van der Waals surface area contributed by atoms with Crippen molar-refractivity contribution >= 4 is 39.6 Å². The summed E-state index contributed by atoms with van der Waals surface area (Å²) in [6.45, 7) is 0.809. The van der Waals surface area contributed by atoms with E-state index in [1.54, 1.807) is 6.07 Å². The number of carboxylic acids is 1. The number of aliphatic carboxylic acids is 1. The zero-order valence-corrected chi connectivity index (χ0v) is 19.1. The lowest BCUT2D eigenvalue weighted by Crippen LogP contribution is -2.10. The summed E-state index contributed by atoms with van der Waals surface area (Å²) < 4.78 is 13.7. The van der Waals surface area contributed by atoms with Crippen molar-refractivity contribution in [2.75, 3.05) is 14.1 Å². The van der Waals surface area contributed by atoms with Gasteiger partial charge in [0.2, 0.25) is 0 Å². The van der Waals surface area contributed by atoms with E-state index in [0.717, 1.165) is 21.9 Å². The van der Waals surface area contributed by atoms with Gasteiger partial charge in [-0.3, -0.25) is 4.79 Å². The summed E-state index contributed by atoms with van der Waals surface area (Å²) in [5.41, 5.74) is 3.35. The lowest BCUT2D eigenvalue weighted by Gasteiger charge is -2.10. The van der Waals surface area contributed by atoms with Gasteiger partial charge in [-0.1, -0.05) is 12.1 Å². The third-order valence-electron chi connectivity index (χ3n) is 5.13. The molecule has 170 valence electrons. The van der Waals surface area contributed by atoms with Crippen LogP contribution in [0.3, 0.4) is 0 Å².